The summed E-state index contributed by atoms with van der Waals surface area (Å²) in [7, 11) is 0. The summed E-state index contributed by atoms with van der Waals surface area (Å²) in [6.45, 7) is 2.40. The Morgan fingerprint density at radius 1 is 1.25 bits per heavy atom. The number of hydrogen-bond donors (Lipinski definition) is 1. The summed E-state index contributed by atoms with van der Waals surface area (Å²) in [5, 5.41) is 8.44. The fourth-order valence-corrected chi connectivity index (χ4v) is 3.26. The van der Waals surface area contributed by atoms with E-state index >= 15 is 0 Å². The Labute approximate surface area is 138 Å². The minimum absolute atomic E-state index is 0.168. The Bertz CT molecular complexity index is 974. The minimum atomic E-state index is -0.350. The maximum atomic E-state index is 12.9. The van der Waals surface area contributed by atoms with Gasteiger partial charge >= 0.3 is 0 Å². The Hall–Kier alpha value is -2.96. The summed E-state index contributed by atoms with van der Waals surface area (Å²) in [6, 6.07) is 8.85. The number of H-pyrrole nitrogens is 1. The maximum absolute atomic E-state index is 12.9. The van der Waals surface area contributed by atoms with Crippen LogP contribution in [0.5, 0.6) is 0 Å². The van der Waals surface area contributed by atoms with E-state index in [1.54, 1.807) is 24.0 Å². The van der Waals surface area contributed by atoms with Crippen molar-refractivity contribution in [3.05, 3.63) is 64.0 Å². The Morgan fingerprint density at radius 3 is 2.96 bits per heavy atom. The Morgan fingerprint density at radius 2 is 2.12 bits per heavy atom. The molecule has 7 nitrogen and oxygen atoms in total. The number of nitrogens with zero attached hydrogens (tertiary/aromatic N) is 4. The zero-order valence-corrected chi connectivity index (χ0v) is 13.3. The van der Waals surface area contributed by atoms with Crippen LogP contribution in [0.1, 0.15) is 40.8 Å². The summed E-state index contributed by atoms with van der Waals surface area (Å²) >= 11 is 0. The van der Waals surface area contributed by atoms with Crippen molar-refractivity contribution in [3.63, 3.8) is 0 Å². The molecule has 1 fully saturated rings. The highest BCUT2D eigenvalue weighted by atomic mass is 16.2. The molecule has 24 heavy (non-hydrogen) atoms. The van der Waals surface area contributed by atoms with Crippen molar-refractivity contribution in [2.45, 2.75) is 25.8 Å². The molecule has 3 aromatic rings. The molecule has 4 heterocycles. The molecule has 0 bridgehead atoms. The number of likely N-dealkylation sites (tertiary alicyclic amines) is 1. The lowest BCUT2D eigenvalue weighted by Crippen LogP contribution is -2.35. The summed E-state index contributed by atoms with van der Waals surface area (Å²) in [4.78, 5) is 29.4. The lowest BCUT2D eigenvalue weighted by molar-refractivity contribution is 0.0727. The molecule has 0 saturated carbocycles. The average Bonchev–Trinajstić information content (AvgIpc) is 3.20. The summed E-state index contributed by atoms with van der Waals surface area (Å²) in [5.41, 5.74) is 1.30. The van der Waals surface area contributed by atoms with Gasteiger partial charge in [0.25, 0.3) is 11.5 Å². The van der Waals surface area contributed by atoms with Gasteiger partial charge in [0.2, 0.25) is 0 Å². The van der Waals surface area contributed by atoms with Crippen LogP contribution in [0.25, 0.3) is 5.65 Å². The third-order valence-corrected chi connectivity index (χ3v) is 4.44. The first-order valence-electron chi connectivity index (χ1n) is 7.96. The molecule has 0 spiro atoms. The summed E-state index contributed by atoms with van der Waals surface area (Å²) in [5.74, 6) is 0.478. The van der Waals surface area contributed by atoms with Crippen molar-refractivity contribution in [3.8, 4) is 0 Å². The van der Waals surface area contributed by atoms with Crippen LogP contribution >= 0.6 is 0 Å². The molecule has 1 N–H and O–H groups in total. The Balaban J connectivity index is 1.72. The number of aryl methyl sites for hydroxylation is 1. The van der Waals surface area contributed by atoms with E-state index in [0.717, 1.165) is 30.0 Å². The summed E-state index contributed by atoms with van der Waals surface area (Å²) < 4.78 is 1.90. The smallest absolute Gasteiger partial charge is 0.260 e. The number of pyridine rings is 2. The minimum Gasteiger partial charge on any atom is -0.328 e. The molecule has 1 saturated heterocycles. The molecule has 0 radical (unpaired) electrons. The molecule has 0 aromatic carbocycles. The van der Waals surface area contributed by atoms with Crippen LogP contribution in [0, 0.1) is 6.92 Å². The predicted molar refractivity (Wildman–Crippen MR) is 87.8 cm³/mol. The quantitative estimate of drug-likeness (QED) is 0.778. The van der Waals surface area contributed by atoms with Crippen LogP contribution in [0.4, 0.5) is 0 Å². The summed E-state index contributed by atoms with van der Waals surface area (Å²) in [6.07, 6.45) is 3.58. The van der Waals surface area contributed by atoms with E-state index < -0.39 is 0 Å². The van der Waals surface area contributed by atoms with E-state index in [1.807, 2.05) is 28.8 Å². The number of rotatable bonds is 2. The average molecular weight is 323 g/mol. The second-order valence-corrected chi connectivity index (χ2v) is 6.03. The van der Waals surface area contributed by atoms with Crippen LogP contribution in [-0.4, -0.2) is 36.9 Å². The van der Waals surface area contributed by atoms with Crippen LogP contribution in [0.3, 0.4) is 0 Å². The van der Waals surface area contributed by atoms with Gasteiger partial charge in [-0.1, -0.05) is 6.07 Å². The van der Waals surface area contributed by atoms with Crippen LogP contribution in [-0.2, 0) is 0 Å². The fraction of sp³-hybridized carbons (Fsp3) is 0.294. The van der Waals surface area contributed by atoms with Crippen molar-refractivity contribution in [2.24, 2.45) is 0 Å². The third kappa shape index (κ3) is 2.29. The first kappa shape index (κ1) is 14.6. The molecule has 1 atom stereocenters. The van der Waals surface area contributed by atoms with Crippen LogP contribution in [0.15, 0.2) is 41.3 Å². The van der Waals surface area contributed by atoms with Crippen molar-refractivity contribution >= 4 is 11.6 Å². The normalized spacial score (nSPS) is 17.5. The van der Waals surface area contributed by atoms with E-state index in [0.29, 0.717) is 6.54 Å². The Kier molecular flexibility index (Phi) is 3.41. The highest BCUT2D eigenvalue weighted by molar-refractivity contribution is 5.94. The largest absolute Gasteiger partial charge is 0.328 e. The van der Waals surface area contributed by atoms with E-state index in [1.165, 1.54) is 0 Å². The second kappa shape index (κ2) is 5.59. The van der Waals surface area contributed by atoms with Gasteiger partial charge in [0.1, 0.15) is 5.56 Å². The number of fused-ring (bicyclic) bond motifs is 1. The van der Waals surface area contributed by atoms with Gasteiger partial charge in [-0.3, -0.25) is 14.0 Å². The van der Waals surface area contributed by atoms with Crippen molar-refractivity contribution in [1.29, 1.82) is 0 Å². The molecular formula is C17H17N5O2. The highest BCUT2D eigenvalue weighted by Gasteiger charge is 2.34. The number of aromatic nitrogens is 4. The SMILES string of the molecule is Cc1ccc(C(=O)N2CCC[C@@H]2c2nnc3ccccn23)c(=O)[nH]1. The second-order valence-electron chi connectivity index (χ2n) is 6.03. The predicted octanol–water partition coefficient (Wildman–Crippen LogP) is 1.70. The van der Waals surface area contributed by atoms with Gasteiger partial charge in [0.15, 0.2) is 11.5 Å². The van der Waals surface area contributed by atoms with Gasteiger partial charge < -0.3 is 9.88 Å². The van der Waals surface area contributed by atoms with E-state index in [-0.39, 0.29) is 23.1 Å². The standard InChI is InChI=1S/C17H17N5O2/c1-11-7-8-12(16(23)18-11)17(24)21-10-4-5-13(21)15-20-19-14-6-2-3-9-22(14)15/h2-3,6-9,13H,4-5,10H2,1H3,(H,18,23)/t13-/m1/s1. The molecule has 1 aliphatic rings. The monoisotopic (exact) mass is 323 g/mol. The number of carbonyl (C=O) groups excluding carboxylic acids is 1. The van der Waals surface area contributed by atoms with Gasteiger partial charge in [0.05, 0.1) is 6.04 Å². The van der Waals surface area contributed by atoms with Gasteiger partial charge in [-0.25, -0.2) is 0 Å². The molecule has 122 valence electrons. The maximum Gasteiger partial charge on any atom is 0.260 e. The first-order valence-corrected chi connectivity index (χ1v) is 7.96. The third-order valence-electron chi connectivity index (χ3n) is 4.44. The van der Waals surface area contributed by atoms with E-state index in [2.05, 4.69) is 15.2 Å². The lowest BCUT2D eigenvalue weighted by atomic mass is 10.1. The highest BCUT2D eigenvalue weighted by Crippen LogP contribution is 2.31. The van der Waals surface area contributed by atoms with Crippen molar-refractivity contribution < 1.29 is 4.79 Å². The molecule has 0 aliphatic carbocycles. The molecule has 7 heteroatoms. The number of aromatic amines is 1. The van der Waals surface area contributed by atoms with Gasteiger partial charge in [-0.2, -0.15) is 0 Å². The number of hydrogen-bond acceptors (Lipinski definition) is 4. The van der Waals surface area contributed by atoms with Crippen molar-refractivity contribution in [1.82, 2.24) is 24.5 Å². The van der Waals surface area contributed by atoms with Crippen molar-refractivity contribution in [2.75, 3.05) is 6.54 Å². The molecule has 1 amide bonds. The first-order chi connectivity index (χ1) is 11.6. The molecule has 0 unspecified atom stereocenters. The van der Waals surface area contributed by atoms with E-state index in [4.69, 9.17) is 0 Å². The van der Waals surface area contributed by atoms with Gasteiger partial charge in [0, 0.05) is 18.4 Å². The molecule has 1 aliphatic heterocycles. The van der Waals surface area contributed by atoms with Crippen LogP contribution < -0.4 is 5.56 Å². The number of carbonyl (C=O) groups is 1. The lowest BCUT2D eigenvalue weighted by Gasteiger charge is -2.23. The molecule has 4 rings (SSSR count). The number of amides is 1. The van der Waals surface area contributed by atoms with Gasteiger partial charge in [-0.05, 0) is 44.0 Å². The number of nitrogens with one attached hydrogen (secondary N) is 1. The van der Waals surface area contributed by atoms with Crippen LogP contribution in [0.2, 0.25) is 0 Å². The molecule has 3 aromatic heterocycles. The fourth-order valence-electron chi connectivity index (χ4n) is 3.26. The van der Waals surface area contributed by atoms with Gasteiger partial charge in [-0.15, -0.1) is 10.2 Å². The zero-order valence-electron chi connectivity index (χ0n) is 13.3. The zero-order chi connectivity index (χ0) is 16.7. The topological polar surface area (TPSA) is 83.4 Å². The molecular weight excluding hydrogens is 306 g/mol. The van der Waals surface area contributed by atoms with E-state index in [9.17, 15) is 9.59 Å².